The molecule has 2 heteroatoms. The number of hydrogen-bond donors (Lipinski definition) is 0. The van der Waals surface area contributed by atoms with Gasteiger partial charge in [0.15, 0.2) is 0 Å². The predicted molar refractivity (Wildman–Crippen MR) is 58.4 cm³/mol. The van der Waals surface area contributed by atoms with Crippen LogP contribution in [0.2, 0.25) is 0 Å². The number of piperidine rings is 1. The molecule has 1 atom stereocenters. The van der Waals surface area contributed by atoms with Crippen LogP contribution >= 0.6 is 0 Å². The molecule has 1 saturated heterocycles. The monoisotopic (exact) mass is 190 g/mol. The van der Waals surface area contributed by atoms with Gasteiger partial charge in [-0.3, -0.25) is 4.98 Å². The maximum atomic E-state index is 4.60. The van der Waals surface area contributed by atoms with E-state index in [4.69, 9.17) is 0 Å². The van der Waals surface area contributed by atoms with Gasteiger partial charge in [-0.15, -0.1) is 0 Å². The molecule has 0 aromatic carbocycles. The first-order valence-electron chi connectivity index (χ1n) is 5.38. The first-order chi connectivity index (χ1) is 6.75. The summed E-state index contributed by atoms with van der Waals surface area (Å²) in [4.78, 5) is 7.01. The summed E-state index contributed by atoms with van der Waals surface area (Å²) in [5, 5.41) is 0. The van der Waals surface area contributed by atoms with E-state index in [1.54, 1.807) is 0 Å². The molecular weight excluding hydrogens is 172 g/mol. The fourth-order valence-corrected chi connectivity index (χ4v) is 2.20. The van der Waals surface area contributed by atoms with Gasteiger partial charge in [0.25, 0.3) is 0 Å². The van der Waals surface area contributed by atoms with Crippen molar-refractivity contribution in [2.75, 3.05) is 20.1 Å². The van der Waals surface area contributed by atoms with Gasteiger partial charge in [0.2, 0.25) is 0 Å². The molecule has 1 aliphatic rings. The Bertz CT molecular complexity index is 309. The van der Waals surface area contributed by atoms with E-state index in [0.29, 0.717) is 5.92 Å². The Labute approximate surface area is 86.0 Å². The largest absolute Gasteiger partial charge is 0.306 e. The lowest BCUT2D eigenvalue weighted by molar-refractivity contribution is 0.248. The topological polar surface area (TPSA) is 16.1 Å². The van der Waals surface area contributed by atoms with Crippen LogP contribution in [-0.2, 0) is 0 Å². The Morgan fingerprint density at radius 2 is 2.29 bits per heavy atom. The molecule has 76 valence electrons. The molecule has 1 fully saturated rings. The minimum Gasteiger partial charge on any atom is -0.306 e. The summed E-state index contributed by atoms with van der Waals surface area (Å²) < 4.78 is 0. The SMILES string of the molecule is Cc1cccc([C@@H]2CCCN(C)C2)n1. The fourth-order valence-electron chi connectivity index (χ4n) is 2.20. The van der Waals surface area contributed by atoms with E-state index >= 15 is 0 Å². The summed E-state index contributed by atoms with van der Waals surface area (Å²) in [5.41, 5.74) is 2.41. The normalized spacial score (nSPS) is 23.7. The molecule has 0 unspecified atom stereocenters. The fraction of sp³-hybridized carbons (Fsp3) is 0.583. The first-order valence-corrected chi connectivity index (χ1v) is 5.38. The Kier molecular flexibility index (Phi) is 2.82. The standard InChI is InChI=1S/C12H18N2/c1-10-5-3-7-12(13-10)11-6-4-8-14(2)9-11/h3,5,7,11H,4,6,8-9H2,1-2H3/t11-/m1/s1. The highest BCUT2D eigenvalue weighted by Crippen LogP contribution is 2.24. The van der Waals surface area contributed by atoms with Crippen LogP contribution in [0.25, 0.3) is 0 Å². The summed E-state index contributed by atoms with van der Waals surface area (Å²) in [7, 11) is 2.20. The van der Waals surface area contributed by atoms with Gasteiger partial charge < -0.3 is 4.90 Å². The number of aryl methyl sites for hydroxylation is 1. The van der Waals surface area contributed by atoms with Crippen LogP contribution in [0, 0.1) is 6.92 Å². The molecule has 14 heavy (non-hydrogen) atoms. The van der Waals surface area contributed by atoms with Gasteiger partial charge in [-0.25, -0.2) is 0 Å². The van der Waals surface area contributed by atoms with Crippen molar-refractivity contribution in [3.63, 3.8) is 0 Å². The molecule has 0 aliphatic carbocycles. The molecule has 1 aromatic heterocycles. The quantitative estimate of drug-likeness (QED) is 0.675. The number of nitrogens with zero attached hydrogens (tertiary/aromatic N) is 2. The van der Waals surface area contributed by atoms with Gasteiger partial charge in [0, 0.05) is 23.9 Å². The minimum absolute atomic E-state index is 0.647. The highest BCUT2D eigenvalue weighted by atomic mass is 15.1. The van der Waals surface area contributed by atoms with Crippen molar-refractivity contribution in [1.82, 2.24) is 9.88 Å². The highest BCUT2D eigenvalue weighted by molar-refractivity contribution is 5.15. The van der Waals surface area contributed by atoms with E-state index in [-0.39, 0.29) is 0 Å². The van der Waals surface area contributed by atoms with Crippen LogP contribution in [0.4, 0.5) is 0 Å². The molecule has 0 amide bonds. The Hall–Kier alpha value is -0.890. The van der Waals surface area contributed by atoms with Crippen LogP contribution in [0.5, 0.6) is 0 Å². The van der Waals surface area contributed by atoms with Crippen molar-refractivity contribution >= 4 is 0 Å². The zero-order valence-corrected chi connectivity index (χ0v) is 9.03. The second-order valence-corrected chi connectivity index (χ2v) is 4.31. The van der Waals surface area contributed by atoms with Gasteiger partial charge in [-0.2, -0.15) is 0 Å². The number of hydrogen-bond acceptors (Lipinski definition) is 2. The minimum atomic E-state index is 0.647. The van der Waals surface area contributed by atoms with Crippen molar-refractivity contribution in [3.8, 4) is 0 Å². The maximum absolute atomic E-state index is 4.60. The van der Waals surface area contributed by atoms with E-state index in [2.05, 4.69) is 42.1 Å². The summed E-state index contributed by atoms with van der Waals surface area (Å²) in [6, 6.07) is 6.35. The van der Waals surface area contributed by atoms with Crippen LogP contribution in [0.1, 0.15) is 30.1 Å². The first kappa shape index (κ1) is 9.66. The molecule has 0 bridgehead atoms. The Balaban J connectivity index is 2.14. The molecule has 1 aromatic rings. The number of likely N-dealkylation sites (N-methyl/N-ethyl adjacent to an activating group) is 1. The zero-order valence-electron chi connectivity index (χ0n) is 9.03. The van der Waals surface area contributed by atoms with Gasteiger partial charge >= 0.3 is 0 Å². The number of pyridine rings is 1. The molecule has 2 heterocycles. The van der Waals surface area contributed by atoms with E-state index in [9.17, 15) is 0 Å². The number of rotatable bonds is 1. The average molecular weight is 190 g/mol. The molecule has 0 spiro atoms. The second-order valence-electron chi connectivity index (χ2n) is 4.31. The maximum Gasteiger partial charge on any atom is 0.0450 e. The van der Waals surface area contributed by atoms with E-state index < -0.39 is 0 Å². The van der Waals surface area contributed by atoms with Crippen molar-refractivity contribution in [2.24, 2.45) is 0 Å². The summed E-state index contributed by atoms with van der Waals surface area (Å²) >= 11 is 0. The lowest BCUT2D eigenvalue weighted by Gasteiger charge is -2.29. The smallest absolute Gasteiger partial charge is 0.0450 e. The lowest BCUT2D eigenvalue weighted by atomic mass is 9.94. The molecule has 0 saturated carbocycles. The van der Waals surface area contributed by atoms with Crippen molar-refractivity contribution in [1.29, 1.82) is 0 Å². The van der Waals surface area contributed by atoms with Gasteiger partial charge in [-0.1, -0.05) is 6.07 Å². The Morgan fingerprint density at radius 3 is 3.00 bits per heavy atom. The van der Waals surface area contributed by atoms with Gasteiger partial charge in [0.1, 0.15) is 0 Å². The third-order valence-electron chi connectivity index (χ3n) is 2.95. The third kappa shape index (κ3) is 2.13. The molecule has 2 nitrogen and oxygen atoms in total. The summed E-state index contributed by atoms with van der Waals surface area (Å²) in [5.74, 6) is 0.647. The lowest BCUT2D eigenvalue weighted by Crippen LogP contribution is -2.31. The number of aromatic nitrogens is 1. The van der Waals surface area contributed by atoms with E-state index in [1.807, 2.05) is 0 Å². The van der Waals surface area contributed by atoms with Gasteiger partial charge in [-0.05, 0) is 45.5 Å². The summed E-state index contributed by atoms with van der Waals surface area (Å²) in [6.45, 7) is 4.47. The van der Waals surface area contributed by atoms with E-state index in [1.165, 1.54) is 25.1 Å². The molecule has 2 rings (SSSR count). The third-order valence-corrected chi connectivity index (χ3v) is 2.95. The van der Waals surface area contributed by atoms with Crippen LogP contribution in [0.15, 0.2) is 18.2 Å². The van der Waals surface area contributed by atoms with Gasteiger partial charge in [0.05, 0.1) is 0 Å². The van der Waals surface area contributed by atoms with Crippen LogP contribution in [0.3, 0.4) is 0 Å². The van der Waals surface area contributed by atoms with Crippen molar-refractivity contribution in [2.45, 2.75) is 25.7 Å². The number of likely N-dealkylation sites (tertiary alicyclic amines) is 1. The molecule has 0 N–H and O–H groups in total. The Morgan fingerprint density at radius 1 is 1.43 bits per heavy atom. The average Bonchev–Trinajstić information content (AvgIpc) is 2.18. The van der Waals surface area contributed by atoms with E-state index in [0.717, 1.165) is 12.2 Å². The highest BCUT2D eigenvalue weighted by Gasteiger charge is 2.19. The second kappa shape index (κ2) is 4.09. The predicted octanol–water partition coefficient (Wildman–Crippen LogP) is 2.20. The molecule has 1 aliphatic heterocycles. The summed E-state index contributed by atoms with van der Waals surface area (Å²) in [6.07, 6.45) is 2.59. The molecular formula is C12H18N2. The molecule has 0 radical (unpaired) electrons. The van der Waals surface area contributed by atoms with Crippen molar-refractivity contribution < 1.29 is 0 Å². The zero-order chi connectivity index (χ0) is 9.97. The van der Waals surface area contributed by atoms with Crippen LogP contribution < -0.4 is 0 Å². The van der Waals surface area contributed by atoms with Crippen molar-refractivity contribution in [3.05, 3.63) is 29.6 Å². The van der Waals surface area contributed by atoms with Crippen LogP contribution in [-0.4, -0.2) is 30.0 Å².